The standard InChI is InChI=1S/C22H20FN3OS/c1-2-18-13-28-22(25-18)26-19(11-24)21(20(26)12-27)15-8-6-14(7-9-15)16-4-3-5-17(23)10-16/h3-10,13,19-21,27H,2,12H2,1H3/t19-,20-,21-/m1/s1. The molecule has 0 saturated carbocycles. The molecule has 1 aromatic heterocycles. The zero-order valence-electron chi connectivity index (χ0n) is 15.4. The van der Waals surface area contributed by atoms with Crippen LogP contribution >= 0.6 is 11.3 Å². The van der Waals surface area contributed by atoms with Gasteiger partial charge in [-0.25, -0.2) is 9.37 Å². The number of halogens is 1. The molecule has 0 amide bonds. The molecule has 1 aliphatic heterocycles. The molecule has 4 rings (SSSR count). The van der Waals surface area contributed by atoms with Crippen LogP contribution in [0.1, 0.15) is 24.1 Å². The molecule has 1 N–H and O–H groups in total. The molecule has 4 nitrogen and oxygen atoms in total. The molecule has 1 aliphatic rings. The van der Waals surface area contributed by atoms with Crippen molar-refractivity contribution in [1.29, 1.82) is 5.26 Å². The molecule has 0 bridgehead atoms. The van der Waals surface area contributed by atoms with Crippen LogP contribution in [0.3, 0.4) is 0 Å². The first-order chi connectivity index (χ1) is 13.7. The van der Waals surface area contributed by atoms with Gasteiger partial charge >= 0.3 is 0 Å². The number of aromatic nitrogens is 1. The molecule has 1 fully saturated rings. The zero-order valence-corrected chi connectivity index (χ0v) is 16.2. The molecule has 3 aromatic rings. The SMILES string of the molecule is CCc1csc(N2[C@H](C#N)[C@@H](c3ccc(-c4cccc(F)c4)cc3)[C@H]2CO)n1. The van der Waals surface area contributed by atoms with Crippen molar-refractivity contribution in [2.45, 2.75) is 31.3 Å². The summed E-state index contributed by atoms with van der Waals surface area (Å²) < 4.78 is 13.5. The van der Waals surface area contributed by atoms with Crippen molar-refractivity contribution in [2.24, 2.45) is 0 Å². The third-order valence-electron chi connectivity index (χ3n) is 5.31. The van der Waals surface area contributed by atoms with Gasteiger partial charge in [0, 0.05) is 11.3 Å². The number of hydrogen-bond acceptors (Lipinski definition) is 5. The molecular weight excluding hydrogens is 373 g/mol. The Morgan fingerprint density at radius 3 is 2.61 bits per heavy atom. The number of nitrogens with zero attached hydrogens (tertiary/aromatic N) is 3. The summed E-state index contributed by atoms with van der Waals surface area (Å²) in [6, 6.07) is 16.1. The van der Waals surface area contributed by atoms with Crippen molar-refractivity contribution in [3.63, 3.8) is 0 Å². The lowest BCUT2D eigenvalue weighted by Crippen LogP contribution is -2.63. The number of aliphatic hydroxyl groups excluding tert-OH is 1. The van der Waals surface area contributed by atoms with Crippen LogP contribution < -0.4 is 4.90 Å². The Hall–Kier alpha value is -2.75. The highest BCUT2D eigenvalue weighted by molar-refractivity contribution is 7.13. The fourth-order valence-corrected chi connectivity index (χ4v) is 4.82. The number of nitriles is 1. The molecule has 2 heterocycles. The van der Waals surface area contributed by atoms with Crippen LogP contribution in [0.5, 0.6) is 0 Å². The van der Waals surface area contributed by atoms with E-state index in [1.165, 1.54) is 23.5 Å². The maximum atomic E-state index is 13.5. The summed E-state index contributed by atoms with van der Waals surface area (Å²) in [5.74, 6) is -0.360. The summed E-state index contributed by atoms with van der Waals surface area (Å²) in [5, 5.41) is 22.5. The molecule has 3 atom stereocenters. The third kappa shape index (κ3) is 3.17. The molecular formula is C22H20FN3OS. The number of hydrogen-bond donors (Lipinski definition) is 1. The van der Waals surface area contributed by atoms with Crippen LogP contribution in [-0.4, -0.2) is 28.8 Å². The van der Waals surface area contributed by atoms with E-state index >= 15 is 0 Å². The van der Waals surface area contributed by atoms with Crippen molar-refractivity contribution >= 4 is 16.5 Å². The minimum atomic E-state index is -0.368. The second-order valence-electron chi connectivity index (χ2n) is 6.86. The average Bonchev–Trinajstić information content (AvgIpc) is 3.17. The van der Waals surface area contributed by atoms with Gasteiger partial charge in [0.25, 0.3) is 0 Å². The van der Waals surface area contributed by atoms with Gasteiger partial charge in [0.2, 0.25) is 0 Å². The van der Waals surface area contributed by atoms with Gasteiger partial charge < -0.3 is 10.0 Å². The Balaban J connectivity index is 1.60. The lowest BCUT2D eigenvalue weighted by atomic mass is 9.76. The van der Waals surface area contributed by atoms with Gasteiger partial charge in [0.1, 0.15) is 11.9 Å². The molecule has 142 valence electrons. The molecule has 2 aromatic carbocycles. The summed E-state index contributed by atoms with van der Waals surface area (Å²) in [4.78, 5) is 6.51. The van der Waals surface area contributed by atoms with E-state index in [-0.39, 0.29) is 30.4 Å². The molecule has 0 unspecified atom stereocenters. The zero-order chi connectivity index (χ0) is 19.7. The van der Waals surface area contributed by atoms with Crippen molar-refractivity contribution in [2.75, 3.05) is 11.5 Å². The molecule has 1 saturated heterocycles. The Morgan fingerprint density at radius 1 is 1.21 bits per heavy atom. The number of rotatable bonds is 5. The molecule has 6 heteroatoms. The topological polar surface area (TPSA) is 60.2 Å². The van der Waals surface area contributed by atoms with Crippen molar-refractivity contribution in [3.05, 3.63) is 71.0 Å². The summed E-state index contributed by atoms with van der Waals surface area (Å²) in [5.41, 5.74) is 3.72. The molecule has 0 spiro atoms. The van der Waals surface area contributed by atoms with Crippen LogP contribution in [-0.2, 0) is 6.42 Å². The van der Waals surface area contributed by atoms with Crippen LogP contribution in [0, 0.1) is 17.1 Å². The van der Waals surface area contributed by atoms with Gasteiger partial charge in [-0.05, 0) is 35.2 Å². The molecule has 28 heavy (non-hydrogen) atoms. The minimum Gasteiger partial charge on any atom is -0.394 e. The Labute approximate surface area is 167 Å². The highest BCUT2D eigenvalue weighted by Crippen LogP contribution is 2.44. The Bertz CT molecular complexity index is 1010. The van der Waals surface area contributed by atoms with Crippen LogP contribution in [0.4, 0.5) is 9.52 Å². The fraction of sp³-hybridized carbons (Fsp3) is 0.273. The number of benzene rings is 2. The van der Waals surface area contributed by atoms with Crippen LogP contribution in [0.2, 0.25) is 0 Å². The first-order valence-corrected chi connectivity index (χ1v) is 10.1. The summed E-state index contributed by atoms with van der Waals surface area (Å²) >= 11 is 1.51. The van der Waals surface area contributed by atoms with Gasteiger partial charge in [0.05, 0.1) is 24.4 Å². The van der Waals surface area contributed by atoms with Gasteiger partial charge in [-0.1, -0.05) is 43.3 Å². The summed E-state index contributed by atoms with van der Waals surface area (Å²) in [6.07, 6.45) is 0.844. The highest BCUT2D eigenvalue weighted by atomic mass is 32.1. The quantitative estimate of drug-likeness (QED) is 0.699. The van der Waals surface area contributed by atoms with Crippen LogP contribution in [0.25, 0.3) is 11.1 Å². The number of aryl methyl sites for hydroxylation is 1. The Morgan fingerprint density at radius 2 is 2.00 bits per heavy atom. The normalized spacial score (nSPS) is 21.2. The van der Waals surface area contributed by atoms with Gasteiger partial charge in [-0.2, -0.15) is 5.26 Å². The fourth-order valence-electron chi connectivity index (χ4n) is 3.81. The van der Waals surface area contributed by atoms with E-state index < -0.39 is 0 Å². The van der Waals surface area contributed by atoms with Gasteiger partial charge in [-0.3, -0.25) is 0 Å². The summed E-state index contributed by atoms with van der Waals surface area (Å²) in [7, 11) is 0. The van der Waals surface area contributed by atoms with Crippen molar-refractivity contribution in [1.82, 2.24) is 4.98 Å². The van der Waals surface area contributed by atoms with Crippen LogP contribution in [0.15, 0.2) is 53.9 Å². The van der Waals surface area contributed by atoms with Gasteiger partial charge in [0.15, 0.2) is 5.13 Å². The van der Waals surface area contributed by atoms with Crippen molar-refractivity contribution in [3.8, 4) is 17.2 Å². The van der Waals surface area contributed by atoms with E-state index in [0.29, 0.717) is 0 Å². The van der Waals surface area contributed by atoms with E-state index in [0.717, 1.165) is 33.9 Å². The molecule has 0 radical (unpaired) electrons. The number of thiazole rings is 1. The third-order valence-corrected chi connectivity index (χ3v) is 6.21. The first-order valence-electron chi connectivity index (χ1n) is 9.25. The predicted octanol–water partition coefficient (Wildman–Crippen LogP) is 4.37. The van der Waals surface area contributed by atoms with Crippen molar-refractivity contribution < 1.29 is 9.50 Å². The smallest absolute Gasteiger partial charge is 0.186 e. The van der Waals surface area contributed by atoms with Gasteiger partial charge in [-0.15, -0.1) is 11.3 Å². The maximum Gasteiger partial charge on any atom is 0.186 e. The number of anilines is 1. The number of aliphatic hydroxyl groups is 1. The molecule has 0 aliphatic carbocycles. The minimum absolute atomic E-state index is 0.0461. The van der Waals surface area contributed by atoms with E-state index in [2.05, 4.69) is 11.1 Å². The summed E-state index contributed by atoms with van der Waals surface area (Å²) in [6.45, 7) is 2.00. The average molecular weight is 393 g/mol. The van der Waals surface area contributed by atoms with E-state index in [9.17, 15) is 14.8 Å². The van der Waals surface area contributed by atoms with E-state index in [1.807, 2.05) is 47.5 Å². The largest absolute Gasteiger partial charge is 0.394 e. The van der Waals surface area contributed by atoms with E-state index in [4.69, 9.17) is 0 Å². The predicted molar refractivity (Wildman–Crippen MR) is 109 cm³/mol. The second-order valence-corrected chi connectivity index (χ2v) is 7.70. The lowest BCUT2D eigenvalue weighted by Gasteiger charge is -2.51. The maximum absolute atomic E-state index is 13.5. The lowest BCUT2D eigenvalue weighted by molar-refractivity contribution is 0.187. The Kier molecular flexibility index (Phi) is 5.12. The highest BCUT2D eigenvalue weighted by Gasteiger charge is 2.50. The monoisotopic (exact) mass is 393 g/mol. The van der Waals surface area contributed by atoms with E-state index in [1.54, 1.807) is 6.07 Å². The first kappa shape index (κ1) is 18.6. The second kappa shape index (κ2) is 7.70.